The van der Waals surface area contributed by atoms with Gasteiger partial charge in [0.15, 0.2) is 5.03 Å². The number of nitrogens with one attached hydrogen (secondary N) is 1. The van der Waals surface area contributed by atoms with Crippen LogP contribution in [0.3, 0.4) is 0 Å². The van der Waals surface area contributed by atoms with Crippen LogP contribution in [0.2, 0.25) is 0 Å². The number of sulfonamides is 1. The van der Waals surface area contributed by atoms with Crippen molar-refractivity contribution < 1.29 is 12.8 Å². The maximum absolute atomic E-state index is 13.2. The Hall–Kier alpha value is -2.26. The number of rotatable bonds is 4. The van der Waals surface area contributed by atoms with Crippen LogP contribution in [0.1, 0.15) is 11.6 Å². The van der Waals surface area contributed by atoms with E-state index in [4.69, 9.17) is 0 Å². The van der Waals surface area contributed by atoms with E-state index in [0.717, 1.165) is 4.31 Å². The number of aryl methyl sites for hydroxylation is 2. The topological polar surface area (TPSA) is 83.9 Å². The van der Waals surface area contributed by atoms with Crippen molar-refractivity contribution in [1.82, 2.24) is 23.8 Å². The highest BCUT2D eigenvalue weighted by Gasteiger charge is 2.25. The first-order valence-electron chi connectivity index (χ1n) is 6.88. The van der Waals surface area contributed by atoms with Gasteiger partial charge in [0.2, 0.25) is 0 Å². The molecule has 0 bridgehead atoms. The first-order chi connectivity index (χ1) is 10.8. The van der Waals surface area contributed by atoms with Gasteiger partial charge in [0.1, 0.15) is 17.5 Å². The van der Waals surface area contributed by atoms with Crippen LogP contribution in [0.4, 0.5) is 4.39 Å². The minimum atomic E-state index is -3.72. The third-order valence-electron chi connectivity index (χ3n) is 3.63. The van der Waals surface area contributed by atoms with E-state index in [2.05, 4.69) is 15.0 Å². The van der Waals surface area contributed by atoms with Gasteiger partial charge in [-0.3, -0.25) is 0 Å². The zero-order valence-corrected chi connectivity index (χ0v) is 13.7. The largest absolute Gasteiger partial charge is 0.341 e. The summed E-state index contributed by atoms with van der Waals surface area (Å²) < 4.78 is 41.0. The predicted molar refractivity (Wildman–Crippen MR) is 82.6 cm³/mol. The second-order valence-corrected chi connectivity index (χ2v) is 7.34. The summed E-state index contributed by atoms with van der Waals surface area (Å²) in [6, 6.07) is 4.17. The van der Waals surface area contributed by atoms with Gasteiger partial charge in [0, 0.05) is 20.3 Å². The molecule has 9 heteroatoms. The molecule has 1 N–H and O–H groups in total. The predicted octanol–water partition coefficient (Wildman–Crippen LogP) is 1.56. The van der Waals surface area contributed by atoms with Crippen LogP contribution in [0.15, 0.2) is 29.4 Å². The van der Waals surface area contributed by atoms with E-state index < -0.39 is 10.0 Å². The number of nitrogens with zero attached hydrogens (tertiary/aromatic N) is 4. The third-order valence-corrected chi connectivity index (χ3v) is 5.30. The summed E-state index contributed by atoms with van der Waals surface area (Å²) in [7, 11) is -0.534. The van der Waals surface area contributed by atoms with Crippen molar-refractivity contribution >= 4 is 21.1 Å². The highest BCUT2D eigenvalue weighted by molar-refractivity contribution is 7.89. The quantitative estimate of drug-likeness (QED) is 0.783. The summed E-state index contributed by atoms with van der Waals surface area (Å²) in [5, 5.41) is -0.0119. The lowest BCUT2D eigenvalue weighted by Crippen LogP contribution is -2.27. The highest BCUT2D eigenvalue weighted by Crippen LogP contribution is 2.17. The van der Waals surface area contributed by atoms with Crippen molar-refractivity contribution in [3.05, 3.63) is 41.9 Å². The number of halogens is 1. The summed E-state index contributed by atoms with van der Waals surface area (Å²) in [4.78, 5) is 11.2. The summed E-state index contributed by atoms with van der Waals surface area (Å²) in [5.74, 6) is 0.665. The molecule has 0 aliphatic carbocycles. The highest BCUT2D eigenvalue weighted by atomic mass is 32.2. The second kappa shape index (κ2) is 5.43. The molecule has 0 atom stereocenters. The first-order valence-corrected chi connectivity index (χ1v) is 8.32. The van der Waals surface area contributed by atoms with E-state index in [1.165, 1.54) is 25.4 Å². The average molecular weight is 337 g/mol. The lowest BCUT2D eigenvalue weighted by atomic mass is 10.3. The summed E-state index contributed by atoms with van der Waals surface area (Å²) in [5.41, 5.74) is 1.11. The zero-order chi connectivity index (χ0) is 16.8. The maximum Gasteiger partial charge on any atom is 0.262 e. The van der Waals surface area contributed by atoms with E-state index in [1.54, 1.807) is 24.6 Å². The van der Waals surface area contributed by atoms with Gasteiger partial charge < -0.3 is 9.55 Å². The Bertz CT molecular complexity index is 957. The van der Waals surface area contributed by atoms with Crippen molar-refractivity contribution in [2.24, 2.45) is 7.05 Å². The number of hydrogen-bond donors (Lipinski definition) is 1. The van der Waals surface area contributed by atoms with Crippen molar-refractivity contribution in [2.45, 2.75) is 18.5 Å². The van der Waals surface area contributed by atoms with Crippen LogP contribution in [-0.4, -0.2) is 39.3 Å². The molecule has 3 rings (SSSR count). The molecule has 0 aliphatic rings. The number of imidazole rings is 2. The molecule has 3 aromatic rings. The average Bonchev–Trinajstić information content (AvgIpc) is 3.02. The molecule has 0 saturated heterocycles. The Morgan fingerprint density at radius 3 is 2.74 bits per heavy atom. The molecule has 2 aromatic heterocycles. The van der Waals surface area contributed by atoms with Crippen molar-refractivity contribution in [1.29, 1.82) is 0 Å². The van der Waals surface area contributed by atoms with Gasteiger partial charge in [-0.15, -0.1) is 0 Å². The van der Waals surface area contributed by atoms with Gasteiger partial charge in [0.25, 0.3) is 10.0 Å². The van der Waals surface area contributed by atoms with E-state index in [-0.39, 0.29) is 17.4 Å². The molecule has 7 nitrogen and oxygen atoms in total. The third kappa shape index (κ3) is 2.84. The lowest BCUT2D eigenvalue weighted by molar-refractivity contribution is 0.456. The number of fused-ring (bicyclic) bond motifs is 1. The molecule has 2 heterocycles. The fourth-order valence-corrected chi connectivity index (χ4v) is 3.37. The van der Waals surface area contributed by atoms with Crippen molar-refractivity contribution in [3.63, 3.8) is 0 Å². The molecular weight excluding hydrogens is 321 g/mol. The van der Waals surface area contributed by atoms with Gasteiger partial charge >= 0.3 is 0 Å². The molecule has 0 aliphatic heterocycles. The molecule has 0 radical (unpaired) electrons. The molecule has 122 valence electrons. The number of hydrogen-bond acceptors (Lipinski definition) is 4. The van der Waals surface area contributed by atoms with E-state index >= 15 is 0 Å². The van der Waals surface area contributed by atoms with Crippen LogP contribution in [0, 0.1) is 12.7 Å². The smallest absolute Gasteiger partial charge is 0.262 e. The maximum atomic E-state index is 13.2. The number of aromatic amines is 1. The summed E-state index contributed by atoms with van der Waals surface area (Å²) in [6.45, 7) is 1.76. The van der Waals surface area contributed by atoms with Crippen LogP contribution in [-0.2, 0) is 23.6 Å². The van der Waals surface area contributed by atoms with Gasteiger partial charge in [-0.2, -0.15) is 4.31 Å². The van der Waals surface area contributed by atoms with Gasteiger partial charge in [-0.1, -0.05) is 0 Å². The van der Waals surface area contributed by atoms with Crippen LogP contribution < -0.4 is 0 Å². The molecule has 0 saturated carbocycles. The van der Waals surface area contributed by atoms with E-state index in [9.17, 15) is 12.8 Å². The molecule has 0 amide bonds. The van der Waals surface area contributed by atoms with Crippen LogP contribution in [0.5, 0.6) is 0 Å². The minimum Gasteiger partial charge on any atom is -0.341 e. The Balaban J connectivity index is 1.88. The van der Waals surface area contributed by atoms with Crippen LogP contribution in [0.25, 0.3) is 11.0 Å². The van der Waals surface area contributed by atoms with Gasteiger partial charge in [0.05, 0.1) is 17.6 Å². The lowest BCUT2D eigenvalue weighted by Gasteiger charge is -2.13. The fourth-order valence-electron chi connectivity index (χ4n) is 2.22. The Morgan fingerprint density at radius 2 is 2.09 bits per heavy atom. The molecule has 0 spiro atoms. The zero-order valence-electron chi connectivity index (χ0n) is 12.9. The molecule has 0 fully saturated rings. The number of H-pyrrole nitrogens is 1. The second-order valence-electron chi connectivity index (χ2n) is 5.34. The Labute approximate surface area is 132 Å². The minimum absolute atomic E-state index is 0.0119. The van der Waals surface area contributed by atoms with E-state index in [1.807, 2.05) is 0 Å². The molecule has 0 unspecified atom stereocenters. The van der Waals surface area contributed by atoms with Gasteiger partial charge in [-0.05, 0) is 25.1 Å². The molecular formula is C14H16FN5O2S. The van der Waals surface area contributed by atoms with Crippen LogP contribution >= 0.6 is 0 Å². The Morgan fingerprint density at radius 1 is 1.35 bits per heavy atom. The standard InChI is InChI=1S/C14H16FN5O2S/c1-9-16-14(8-19(9)2)23(21,22)20(3)7-13-17-11-5-4-10(15)6-12(11)18-13/h4-6,8H,7H2,1-3H3,(H,17,18). The SMILES string of the molecule is Cc1nc(S(=O)(=O)N(C)Cc2nc3ccc(F)cc3[nH]2)cn1C. The molecule has 23 heavy (non-hydrogen) atoms. The number of benzene rings is 1. The Kier molecular flexibility index (Phi) is 3.69. The summed E-state index contributed by atoms with van der Waals surface area (Å²) >= 11 is 0. The van der Waals surface area contributed by atoms with Crippen molar-refractivity contribution in [3.8, 4) is 0 Å². The van der Waals surface area contributed by atoms with E-state index in [0.29, 0.717) is 22.7 Å². The first kappa shape index (κ1) is 15.6. The fraction of sp³-hybridized carbons (Fsp3) is 0.286. The normalized spacial score (nSPS) is 12.4. The number of aromatic nitrogens is 4. The molecule has 1 aromatic carbocycles. The monoisotopic (exact) mass is 337 g/mol. The van der Waals surface area contributed by atoms with Crippen molar-refractivity contribution in [2.75, 3.05) is 7.05 Å². The van der Waals surface area contributed by atoms with Gasteiger partial charge in [-0.25, -0.2) is 22.8 Å². The summed E-state index contributed by atoms with van der Waals surface area (Å²) in [6.07, 6.45) is 1.47.